The van der Waals surface area contributed by atoms with Crippen LogP contribution in [0, 0.1) is 0 Å². The van der Waals surface area contributed by atoms with E-state index in [4.69, 9.17) is 14.5 Å². The fraction of sp³-hybridized carbons (Fsp3) is 0.261. The molecule has 1 aromatic heterocycles. The molecule has 1 amide bonds. The smallest absolute Gasteiger partial charge is 0.268 e. The van der Waals surface area contributed by atoms with E-state index < -0.39 is 0 Å². The molecule has 3 aromatic rings. The zero-order chi connectivity index (χ0) is 21.9. The van der Waals surface area contributed by atoms with Crippen LogP contribution < -0.4 is 20.3 Å². The number of carbonyl (C=O) groups is 1. The Kier molecular flexibility index (Phi) is 6.09. The summed E-state index contributed by atoms with van der Waals surface area (Å²) in [7, 11) is 0. The first-order chi connectivity index (χ1) is 15.7. The molecule has 0 radical (unpaired) electrons. The predicted octanol–water partition coefficient (Wildman–Crippen LogP) is 3.59. The second-order valence-electron chi connectivity index (χ2n) is 7.37. The first kappa shape index (κ1) is 21.0. The molecular formula is C23H21N3O4S2. The van der Waals surface area contributed by atoms with Crippen molar-refractivity contribution < 1.29 is 14.3 Å². The normalized spacial score (nSPS) is 13.8. The number of rotatable bonds is 7. The molecule has 0 spiro atoms. The molecule has 9 heteroatoms. The molecule has 0 saturated heterocycles. The maximum atomic E-state index is 13.1. The van der Waals surface area contributed by atoms with E-state index in [-0.39, 0.29) is 24.0 Å². The summed E-state index contributed by atoms with van der Waals surface area (Å²) in [4.78, 5) is 31.2. The molecule has 0 fully saturated rings. The van der Waals surface area contributed by atoms with Crippen molar-refractivity contribution >= 4 is 35.1 Å². The van der Waals surface area contributed by atoms with Crippen molar-refractivity contribution in [3.63, 3.8) is 0 Å². The lowest BCUT2D eigenvalue weighted by Gasteiger charge is -2.14. The number of ether oxygens (including phenoxy) is 2. The molecule has 2 aliphatic rings. The van der Waals surface area contributed by atoms with E-state index in [1.165, 1.54) is 11.8 Å². The van der Waals surface area contributed by atoms with Gasteiger partial charge in [-0.3, -0.25) is 14.2 Å². The van der Waals surface area contributed by atoms with Crippen molar-refractivity contribution in [3.8, 4) is 11.5 Å². The molecule has 0 unspecified atom stereocenters. The van der Waals surface area contributed by atoms with Gasteiger partial charge in [0, 0.05) is 30.5 Å². The van der Waals surface area contributed by atoms with Crippen molar-refractivity contribution in [1.82, 2.24) is 9.55 Å². The van der Waals surface area contributed by atoms with Gasteiger partial charge in [-0.25, -0.2) is 4.98 Å². The minimum Gasteiger partial charge on any atom is -0.454 e. The summed E-state index contributed by atoms with van der Waals surface area (Å²) in [6.07, 6.45) is 1.51. The molecular weight excluding hydrogens is 446 g/mol. The van der Waals surface area contributed by atoms with Gasteiger partial charge >= 0.3 is 0 Å². The van der Waals surface area contributed by atoms with E-state index in [2.05, 4.69) is 5.32 Å². The van der Waals surface area contributed by atoms with Crippen LogP contribution in [0.5, 0.6) is 11.5 Å². The molecule has 0 atom stereocenters. The van der Waals surface area contributed by atoms with Gasteiger partial charge in [0.1, 0.15) is 0 Å². The van der Waals surface area contributed by atoms with Crippen LogP contribution in [0.2, 0.25) is 0 Å². The number of fused-ring (bicyclic) bond motifs is 2. The highest BCUT2D eigenvalue weighted by atomic mass is 32.2. The highest BCUT2D eigenvalue weighted by molar-refractivity contribution is 8.00. The van der Waals surface area contributed by atoms with Gasteiger partial charge in [-0.05, 0) is 24.1 Å². The molecule has 0 aliphatic carbocycles. The minimum atomic E-state index is -0.174. The van der Waals surface area contributed by atoms with Crippen molar-refractivity contribution in [2.75, 3.05) is 23.6 Å². The highest BCUT2D eigenvalue weighted by Crippen LogP contribution is 2.34. The van der Waals surface area contributed by atoms with Crippen LogP contribution in [0.15, 0.2) is 63.4 Å². The monoisotopic (exact) mass is 467 g/mol. The lowest BCUT2D eigenvalue weighted by molar-refractivity contribution is -0.113. The molecule has 32 heavy (non-hydrogen) atoms. The Balaban J connectivity index is 1.30. The summed E-state index contributed by atoms with van der Waals surface area (Å²) in [5, 5.41) is 3.46. The molecule has 0 bridgehead atoms. The first-order valence-corrected chi connectivity index (χ1v) is 12.3. The standard InChI is InChI=1S/C23H21N3O4S2/c27-20(24-16-6-7-18-19(12-16)30-14-29-18)13-32-23-25-17-9-11-31-21(17)22(28)26(23)10-8-15-4-2-1-3-5-15/h1-7,12H,8-11,13-14H2,(H,24,27). The number of nitrogens with one attached hydrogen (secondary N) is 1. The fourth-order valence-corrected chi connectivity index (χ4v) is 5.50. The quantitative estimate of drug-likeness (QED) is 0.420. The van der Waals surface area contributed by atoms with Crippen molar-refractivity contribution in [3.05, 3.63) is 70.1 Å². The zero-order valence-electron chi connectivity index (χ0n) is 17.2. The van der Waals surface area contributed by atoms with Crippen LogP contribution in [0.1, 0.15) is 11.3 Å². The van der Waals surface area contributed by atoms with E-state index >= 15 is 0 Å². The second kappa shape index (κ2) is 9.30. The fourth-order valence-electron chi connectivity index (χ4n) is 3.62. The van der Waals surface area contributed by atoms with Crippen LogP contribution in [0.4, 0.5) is 5.69 Å². The lowest BCUT2D eigenvalue weighted by Crippen LogP contribution is -2.27. The van der Waals surface area contributed by atoms with E-state index in [1.54, 1.807) is 34.5 Å². The van der Waals surface area contributed by atoms with Gasteiger partial charge in [0.2, 0.25) is 12.7 Å². The molecule has 164 valence electrons. The van der Waals surface area contributed by atoms with Crippen molar-refractivity contribution in [2.24, 2.45) is 0 Å². The SMILES string of the molecule is O=C(CSc1nc2c(c(=O)n1CCc1ccccc1)SCC2)Nc1ccc2c(c1)OCO2. The van der Waals surface area contributed by atoms with Gasteiger partial charge in [0.25, 0.3) is 5.56 Å². The Morgan fingerprint density at radius 3 is 2.88 bits per heavy atom. The third kappa shape index (κ3) is 4.49. The van der Waals surface area contributed by atoms with Crippen molar-refractivity contribution in [1.29, 1.82) is 0 Å². The average Bonchev–Trinajstić information content (AvgIpc) is 3.47. The summed E-state index contributed by atoms with van der Waals surface area (Å²) in [6, 6.07) is 15.3. The number of aryl methyl sites for hydroxylation is 2. The van der Waals surface area contributed by atoms with Gasteiger partial charge < -0.3 is 14.8 Å². The number of benzene rings is 2. The number of amides is 1. The van der Waals surface area contributed by atoms with Crippen LogP contribution in [-0.2, 0) is 24.2 Å². The van der Waals surface area contributed by atoms with Gasteiger partial charge in [-0.2, -0.15) is 0 Å². The minimum absolute atomic E-state index is 0.00731. The Hall–Kier alpha value is -2.91. The number of carbonyl (C=O) groups excluding carboxylic acids is 1. The number of thioether (sulfide) groups is 2. The third-order valence-electron chi connectivity index (χ3n) is 5.20. The summed E-state index contributed by atoms with van der Waals surface area (Å²) in [5.74, 6) is 2.13. The van der Waals surface area contributed by atoms with Crippen LogP contribution >= 0.6 is 23.5 Å². The van der Waals surface area contributed by atoms with E-state index in [0.29, 0.717) is 28.9 Å². The topological polar surface area (TPSA) is 82.5 Å². The number of aromatic nitrogens is 2. The molecule has 1 N–H and O–H groups in total. The van der Waals surface area contributed by atoms with E-state index in [0.717, 1.165) is 34.7 Å². The molecule has 2 aliphatic heterocycles. The number of anilines is 1. The van der Waals surface area contributed by atoms with Crippen LogP contribution in [-0.4, -0.2) is 33.8 Å². The van der Waals surface area contributed by atoms with E-state index in [9.17, 15) is 9.59 Å². The number of nitrogens with zero attached hydrogens (tertiary/aromatic N) is 2. The molecule has 2 aromatic carbocycles. The number of hydrogen-bond donors (Lipinski definition) is 1. The molecule has 7 nitrogen and oxygen atoms in total. The Morgan fingerprint density at radius 2 is 2.00 bits per heavy atom. The zero-order valence-corrected chi connectivity index (χ0v) is 18.8. The van der Waals surface area contributed by atoms with Crippen LogP contribution in [0.3, 0.4) is 0 Å². The highest BCUT2D eigenvalue weighted by Gasteiger charge is 2.22. The van der Waals surface area contributed by atoms with Gasteiger partial charge in [-0.1, -0.05) is 42.1 Å². The summed E-state index contributed by atoms with van der Waals surface area (Å²) < 4.78 is 12.4. The van der Waals surface area contributed by atoms with Gasteiger partial charge in [-0.15, -0.1) is 11.8 Å². The first-order valence-electron chi connectivity index (χ1n) is 10.3. The molecule has 3 heterocycles. The van der Waals surface area contributed by atoms with Gasteiger partial charge in [0.15, 0.2) is 16.7 Å². The van der Waals surface area contributed by atoms with Crippen molar-refractivity contribution in [2.45, 2.75) is 29.4 Å². The molecule has 5 rings (SSSR count). The molecule has 0 saturated carbocycles. The Labute approximate surface area is 193 Å². The van der Waals surface area contributed by atoms with Crippen LogP contribution in [0.25, 0.3) is 0 Å². The third-order valence-corrected chi connectivity index (χ3v) is 7.29. The maximum absolute atomic E-state index is 13.1. The van der Waals surface area contributed by atoms with Gasteiger partial charge in [0.05, 0.1) is 16.3 Å². The predicted molar refractivity (Wildman–Crippen MR) is 125 cm³/mol. The Bertz CT molecular complexity index is 1210. The number of hydrogen-bond acceptors (Lipinski definition) is 7. The Morgan fingerprint density at radius 1 is 1.16 bits per heavy atom. The lowest BCUT2D eigenvalue weighted by atomic mass is 10.1. The van der Waals surface area contributed by atoms with E-state index in [1.807, 2.05) is 30.3 Å². The largest absolute Gasteiger partial charge is 0.454 e. The summed E-state index contributed by atoms with van der Waals surface area (Å²) in [6.45, 7) is 0.710. The maximum Gasteiger partial charge on any atom is 0.268 e. The summed E-state index contributed by atoms with van der Waals surface area (Å²) >= 11 is 2.86. The second-order valence-corrected chi connectivity index (χ2v) is 9.41. The average molecular weight is 468 g/mol. The summed E-state index contributed by atoms with van der Waals surface area (Å²) in [5.41, 5.74) is 2.63.